The molecule has 0 radical (unpaired) electrons. The molecule has 0 saturated heterocycles. The van der Waals surface area contributed by atoms with Crippen molar-refractivity contribution in [2.45, 2.75) is 36.9 Å². The minimum Gasteiger partial charge on any atom is -0.307 e. The third-order valence-electron chi connectivity index (χ3n) is 1.87. The molecule has 0 saturated carbocycles. The quantitative estimate of drug-likeness (QED) is 0.534. The molecule has 0 fully saturated rings. The monoisotopic (exact) mass is 348 g/mol. The van der Waals surface area contributed by atoms with Crippen LogP contribution in [0.1, 0.15) is 0 Å². The summed E-state index contributed by atoms with van der Waals surface area (Å²) in [5.41, 5.74) is 0. The summed E-state index contributed by atoms with van der Waals surface area (Å²) >= 11 is 0. The zero-order valence-electron chi connectivity index (χ0n) is 9.21. The number of alkyl halides is 12. The van der Waals surface area contributed by atoms with E-state index in [-0.39, 0.29) is 0 Å². The third kappa shape index (κ3) is 4.05. The molecule has 0 heterocycles. The highest BCUT2D eigenvalue weighted by Gasteiger charge is 2.67. The van der Waals surface area contributed by atoms with Gasteiger partial charge in [0.1, 0.15) is 0 Å². The molecule has 0 N–H and O–H groups in total. The SMILES string of the molecule is FC(F)C(F)(OCOC(F)(C(F)F)C(F)(F)F)C(F)(F)F. The first kappa shape index (κ1) is 20.1. The lowest BCUT2D eigenvalue weighted by Crippen LogP contribution is -2.53. The average Bonchev–Trinajstić information content (AvgIpc) is 2.24. The van der Waals surface area contributed by atoms with Gasteiger partial charge in [0.15, 0.2) is 6.79 Å². The Morgan fingerprint density at radius 2 is 0.810 bits per heavy atom. The lowest BCUT2D eigenvalue weighted by atomic mass is 10.3. The normalized spacial score (nSPS) is 19.7. The minimum atomic E-state index is -6.44. The summed E-state index contributed by atoms with van der Waals surface area (Å²) in [6.45, 7) is -2.80. The van der Waals surface area contributed by atoms with Crippen molar-refractivity contribution in [1.29, 1.82) is 0 Å². The van der Waals surface area contributed by atoms with Gasteiger partial charge in [0, 0.05) is 0 Å². The van der Waals surface area contributed by atoms with Crippen LogP contribution < -0.4 is 0 Å². The molecule has 2 atom stereocenters. The molecule has 128 valence electrons. The second-order valence-corrected chi connectivity index (χ2v) is 3.29. The van der Waals surface area contributed by atoms with E-state index in [9.17, 15) is 52.7 Å². The molecular weight excluding hydrogens is 344 g/mol. The number of rotatable bonds is 6. The van der Waals surface area contributed by atoms with Crippen molar-refractivity contribution in [1.82, 2.24) is 0 Å². The van der Waals surface area contributed by atoms with Crippen LogP contribution in [-0.2, 0) is 9.47 Å². The molecule has 21 heavy (non-hydrogen) atoms. The smallest absolute Gasteiger partial charge is 0.307 e. The number of halogens is 12. The molecule has 0 aromatic heterocycles. The van der Waals surface area contributed by atoms with Gasteiger partial charge in [-0.2, -0.15) is 35.1 Å². The molecule has 2 unspecified atom stereocenters. The van der Waals surface area contributed by atoms with Crippen molar-refractivity contribution in [3.63, 3.8) is 0 Å². The molecule has 0 aliphatic carbocycles. The highest BCUT2D eigenvalue weighted by Crippen LogP contribution is 2.42. The third-order valence-corrected chi connectivity index (χ3v) is 1.87. The highest BCUT2D eigenvalue weighted by atomic mass is 19.4. The molecule has 0 aliphatic heterocycles. The summed E-state index contributed by atoms with van der Waals surface area (Å²) in [6, 6.07) is 0. The van der Waals surface area contributed by atoms with Gasteiger partial charge in [-0.3, -0.25) is 0 Å². The number of ether oxygens (including phenoxy) is 2. The van der Waals surface area contributed by atoms with Crippen molar-refractivity contribution < 1.29 is 62.2 Å². The maximum absolute atomic E-state index is 12.7. The zero-order valence-corrected chi connectivity index (χ0v) is 9.21. The van der Waals surface area contributed by atoms with Crippen molar-refractivity contribution in [3.8, 4) is 0 Å². The van der Waals surface area contributed by atoms with Crippen LogP contribution in [0.15, 0.2) is 0 Å². The Morgan fingerprint density at radius 3 is 0.952 bits per heavy atom. The van der Waals surface area contributed by atoms with E-state index in [0.29, 0.717) is 0 Å². The van der Waals surface area contributed by atoms with Crippen LogP contribution in [0, 0.1) is 0 Å². The van der Waals surface area contributed by atoms with E-state index < -0.39 is 43.7 Å². The topological polar surface area (TPSA) is 18.5 Å². The Labute approximate surface area is 107 Å². The van der Waals surface area contributed by atoms with E-state index >= 15 is 0 Å². The Balaban J connectivity index is 5.02. The lowest BCUT2D eigenvalue weighted by Gasteiger charge is -2.30. The van der Waals surface area contributed by atoms with E-state index in [2.05, 4.69) is 9.47 Å². The van der Waals surface area contributed by atoms with Crippen LogP contribution in [0.4, 0.5) is 52.7 Å². The Bertz CT molecular complexity index is 305. The summed E-state index contributed by atoms with van der Waals surface area (Å²) in [6.07, 6.45) is -22.8. The summed E-state index contributed by atoms with van der Waals surface area (Å²) in [4.78, 5) is 0. The largest absolute Gasteiger partial charge is 0.454 e. The van der Waals surface area contributed by atoms with E-state index in [1.54, 1.807) is 0 Å². The predicted octanol–water partition coefficient (Wildman–Crippen LogP) is 3.96. The van der Waals surface area contributed by atoms with Gasteiger partial charge in [-0.1, -0.05) is 0 Å². The van der Waals surface area contributed by atoms with Crippen LogP contribution in [0.25, 0.3) is 0 Å². The Morgan fingerprint density at radius 1 is 0.571 bits per heavy atom. The van der Waals surface area contributed by atoms with Gasteiger partial charge in [0.05, 0.1) is 0 Å². The first-order valence-electron chi connectivity index (χ1n) is 4.45. The number of hydrogen-bond donors (Lipinski definition) is 0. The van der Waals surface area contributed by atoms with Crippen molar-refractivity contribution >= 4 is 0 Å². The summed E-state index contributed by atoms with van der Waals surface area (Å²) in [5.74, 6) is -11.6. The van der Waals surface area contributed by atoms with Crippen molar-refractivity contribution in [2.75, 3.05) is 6.79 Å². The van der Waals surface area contributed by atoms with Crippen molar-refractivity contribution in [3.05, 3.63) is 0 Å². The summed E-state index contributed by atoms with van der Waals surface area (Å²) in [7, 11) is 0. The van der Waals surface area contributed by atoms with Gasteiger partial charge >= 0.3 is 36.9 Å². The van der Waals surface area contributed by atoms with Gasteiger partial charge < -0.3 is 9.47 Å². The lowest BCUT2D eigenvalue weighted by molar-refractivity contribution is -0.425. The Kier molecular flexibility index (Phi) is 5.79. The van der Waals surface area contributed by atoms with Crippen LogP contribution in [0.5, 0.6) is 0 Å². The maximum atomic E-state index is 12.7. The van der Waals surface area contributed by atoms with Crippen LogP contribution >= 0.6 is 0 Å². The summed E-state index contributed by atoms with van der Waals surface area (Å²) < 4.78 is 149. The standard InChI is InChI=1S/C7H4F12O2/c8-2(9)4(12,6(14,15)16)20-1-21-5(13,3(10)11)7(17,18)19/h2-3H,1H2. The molecule has 0 bridgehead atoms. The van der Waals surface area contributed by atoms with Gasteiger partial charge in [0.2, 0.25) is 0 Å². The molecule has 0 aromatic carbocycles. The fourth-order valence-electron chi connectivity index (χ4n) is 0.738. The van der Waals surface area contributed by atoms with Gasteiger partial charge in [-0.25, -0.2) is 17.6 Å². The van der Waals surface area contributed by atoms with E-state index in [1.165, 1.54) is 0 Å². The zero-order chi connectivity index (χ0) is 17.3. The predicted molar refractivity (Wildman–Crippen MR) is 38.8 cm³/mol. The maximum Gasteiger partial charge on any atom is 0.454 e. The molecule has 0 aromatic rings. The highest BCUT2D eigenvalue weighted by molar-refractivity contribution is 4.82. The molecule has 2 nitrogen and oxygen atoms in total. The molecule has 14 heteroatoms. The first-order valence-corrected chi connectivity index (χ1v) is 4.45. The molecule has 0 spiro atoms. The molecule has 0 aliphatic rings. The van der Waals surface area contributed by atoms with Gasteiger partial charge in [-0.15, -0.1) is 0 Å². The second-order valence-electron chi connectivity index (χ2n) is 3.29. The molecule has 0 amide bonds. The first-order chi connectivity index (χ1) is 9.09. The minimum absolute atomic E-state index is 2.66. The van der Waals surface area contributed by atoms with E-state index in [1.807, 2.05) is 0 Å². The van der Waals surface area contributed by atoms with Crippen LogP contribution in [-0.4, -0.2) is 43.7 Å². The second kappa shape index (κ2) is 6.06. The van der Waals surface area contributed by atoms with Gasteiger partial charge in [-0.05, 0) is 0 Å². The van der Waals surface area contributed by atoms with E-state index in [4.69, 9.17) is 0 Å². The van der Waals surface area contributed by atoms with E-state index in [0.717, 1.165) is 0 Å². The van der Waals surface area contributed by atoms with Crippen LogP contribution in [0.3, 0.4) is 0 Å². The Hall–Kier alpha value is -0.920. The van der Waals surface area contributed by atoms with Gasteiger partial charge in [0.25, 0.3) is 0 Å². The van der Waals surface area contributed by atoms with Crippen LogP contribution in [0.2, 0.25) is 0 Å². The summed E-state index contributed by atoms with van der Waals surface area (Å²) in [5, 5.41) is 0. The fourth-order valence-corrected chi connectivity index (χ4v) is 0.738. The van der Waals surface area contributed by atoms with Crippen molar-refractivity contribution in [2.24, 2.45) is 0 Å². The molecular formula is C7H4F12O2. The molecule has 0 rings (SSSR count). The number of hydrogen-bond acceptors (Lipinski definition) is 2. The average molecular weight is 348 g/mol. The fraction of sp³-hybridized carbons (Fsp3) is 1.00.